The molecule has 0 aliphatic rings. The van der Waals surface area contributed by atoms with Crippen molar-refractivity contribution in [1.82, 2.24) is 9.97 Å². The number of rotatable bonds is 2. The van der Waals surface area contributed by atoms with E-state index in [0.29, 0.717) is 12.6 Å². The molecular formula is C5H7N2O. The van der Waals surface area contributed by atoms with Crippen molar-refractivity contribution in [2.45, 2.75) is 6.92 Å². The predicted octanol–water partition coefficient (Wildman–Crippen LogP) is 0.609. The molecule has 3 heteroatoms. The summed E-state index contributed by atoms with van der Waals surface area (Å²) in [6.07, 6.45) is 4.19. The third-order valence-corrected chi connectivity index (χ3v) is 0.707. The van der Waals surface area contributed by atoms with Gasteiger partial charge in [-0.15, -0.1) is 0 Å². The zero-order valence-electron chi connectivity index (χ0n) is 4.64. The molecule has 3 nitrogen and oxygen atoms in total. The zero-order chi connectivity index (χ0) is 5.82. The topological polar surface area (TPSA) is 37.9 Å². The van der Waals surface area contributed by atoms with Gasteiger partial charge >= 0.3 is 0 Å². The van der Waals surface area contributed by atoms with Crippen LogP contribution in [0.5, 0.6) is 6.01 Å². The number of hydrogen-bond donors (Lipinski definition) is 1. The molecule has 0 saturated carbocycles. The lowest BCUT2D eigenvalue weighted by Gasteiger charge is -1.92. The van der Waals surface area contributed by atoms with Crippen molar-refractivity contribution in [3.63, 3.8) is 0 Å². The summed E-state index contributed by atoms with van der Waals surface area (Å²) < 4.78 is 4.95. The Morgan fingerprint density at radius 2 is 2.88 bits per heavy atom. The number of nitrogens with zero attached hydrogens (tertiary/aromatic N) is 1. The number of nitrogens with one attached hydrogen (secondary N) is 1. The highest BCUT2D eigenvalue weighted by molar-refractivity contribution is 4.90. The normalized spacial score (nSPS) is 9.12. The minimum atomic E-state index is 0.535. The summed E-state index contributed by atoms with van der Waals surface area (Å²) in [5, 5.41) is 0. The maximum absolute atomic E-state index is 4.95. The molecule has 0 amide bonds. The van der Waals surface area contributed by atoms with Gasteiger partial charge in [-0.2, -0.15) is 4.98 Å². The van der Waals surface area contributed by atoms with Gasteiger partial charge in [0.25, 0.3) is 6.01 Å². The third kappa shape index (κ3) is 0.992. The highest BCUT2D eigenvalue weighted by Crippen LogP contribution is 1.95. The molecule has 0 unspecified atom stereocenters. The highest BCUT2D eigenvalue weighted by atomic mass is 16.5. The Bertz CT molecular complexity index is 136. The lowest BCUT2D eigenvalue weighted by atomic mass is 10.9. The van der Waals surface area contributed by atoms with Crippen molar-refractivity contribution in [2.75, 3.05) is 6.61 Å². The third-order valence-electron chi connectivity index (χ3n) is 0.707. The van der Waals surface area contributed by atoms with Crippen LogP contribution in [0.15, 0.2) is 6.20 Å². The van der Waals surface area contributed by atoms with Crippen LogP contribution in [0.25, 0.3) is 0 Å². The van der Waals surface area contributed by atoms with Crippen LogP contribution in [0, 0.1) is 6.20 Å². The maximum Gasteiger partial charge on any atom is 0.294 e. The largest absolute Gasteiger partial charge is 0.465 e. The van der Waals surface area contributed by atoms with E-state index in [9.17, 15) is 0 Å². The van der Waals surface area contributed by atoms with Crippen LogP contribution < -0.4 is 4.74 Å². The summed E-state index contributed by atoms with van der Waals surface area (Å²) in [6, 6.07) is 0.535. The first-order valence-electron chi connectivity index (χ1n) is 2.47. The van der Waals surface area contributed by atoms with Gasteiger partial charge in [-0.05, 0) is 6.92 Å². The number of H-pyrrole nitrogens is 1. The SMILES string of the molecule is CCOc1n[c]c[nH]1. The summed E-state index contributed by atoms with van der Waals surface area (Å²) in [7, 11) is 0. The first-order valence-corrected chi connectivity index (χ1v) is 2.47. The maximum atomic E-state index is 4.95. The number of ether oxygens (including phenoxy) is 1. The Kier molecular flexibility index (Phi) is 1.51. The minimum absolute atomic E-state index is 0.535. The molecule has 0 atom stereocenters. The lowest BCUT2D eigenvalue weighted by Crippen LogP contribution is -1.91. The molecule has 0 saturated heterocycles. The second-order valence-corrected chi connectivity index (χ2v) is 1.27. The fourth-order valence-electron chi connectivity index (χ4n) is 0.428. The van der Waals surface area contributed by atoms with Crippen molar-refractivity contribution >= 4 is 0 Å². The average Bonchev–Trinajstić information content (AvgIpc) is 2.19. The monoisotopic (exact) mass is 111 g/mol. The Morgan fingerprint density at radius 3 is 3.38 bits per heavy atom. The van der Waals surface area contributed by atoms with E-state index in [2.05, 4.69) is 16.2 Å². The Hall–Kier alpha value is -0.990. The lowest BCUT2D eigenvalue weighted by molar-refractivity contribution is 0.316. The van der Waals surface area contributed by atoms with Crippen LogP contribution in [0.3, 0.4) is 0 Å². The van der Waals surface area contributed by atoms with Gasteiger partial charge in [-0.1, -0.05) is 0 Å². The minimum Gasteiger partial charge on any atom is -0.465 e. The fraction of sp³-hybridized carbons (Fsp3) is 0.400. The van der Waals surface area contributed by atoms with Gasteiger partial charge in [-0.25, -0.2) is 0 Å². The van der Waals surface area contributed by atoms with Gasteiger partial charge in [0.05, 0.1) is 6.61 Å². The molecule has 1 aromatic heterocycles. The summed E-state index contributed by atoms with van der Waals surface area (Å²) >= 11 is 0. The second kappa shape index (κ2) is 2.35. The molecule has 0 spiro atoms. The molecule has 43 valence electrons. The number of aromatic amines is 1. The molecule has 1 aromatic rings. The van der Waals surface area contributed by atoms with Gasteiger partial charge < -0.3 is 9.72 Å². The number of aromatic nitrogens is 2. The van der Waals surface area contributed by atoms with Crippen molar-refractivity contribution in [1.29, 1.82) is 0 Å². The molecule has 0 bridgehead atoms. The second-order valence-electron chi connectivity index (χ2n) is 1.27. The molecule has 1 N–H and O–H groups in total. The van der Waals surface area contributed by atoms with Crippen molar-refractivity contribution in [2.24, 2.45) is 0 Å². The summed E-state index contributed by atoms with van der Waals surface area (Å²) in [6.45, 7) is 2.55. The Labute approximate surface area is 47.7 Å². The molecule has 0 fully saturated rings. The van der Waals surface area contributed by atoms with Crippen molar-refractivity contribution in [3.8, 4) is 6.01 Å². The Morgan fingerprint density at radius 1 is 2.00 bits per heavy atom. The van der Waals surface area contributed by atoms with E-state index in [0.717, 1.165) is 0 Å². The van der Waals surface area contributed by atoms with Gasteiger partial charge in [0, 0.05) is 6.20 Å². The standard InChI is InChI=1S/C5H7N2O/c1-2-8-5-6-3-4-7-5/h3H,2H2,1H3,(H,6,7). The van der Waals surface area contributed by atoms with E-state index in [1.165, 1.54) is 0 Å². The van der Waals surface area contributed by atoms with E-state index in [-0.39, 0.29) is 0 Å². The fourth-order valence-corrected chi connectivity index (χ4v) is 0.428. The summed E-state index contributed by atoms with van der Waals surface area (Å²) in [4.78, 5) is 6.45. The van der Waals surface area contributed by atoms with Gasteiger partial charge in [0.15, 0.2) is 0 Å². The van der Waals surface area contributed by atoms with Crippen LogP contribution in [0.2, 0.25) is 0 Å². The van der Waals surface area contributed by atoms with Crippen molar-refractivity contribution < 1.29 is 4.74 Å². The van der Waals surface area contributed by atoms with Gasteiger partial charge in [0.1, 0.15) is 6.20 Å². The van der Waals surface area contributed by atoms with Crippen LogP contribution >= 0.6 is 0 Å². The van der Waals surface area contributed by atoms with Crippen LogP contribution in [0.1, 0.15) is 6.92 Å². The quantitative estimate of drug-likeness (QED) is 0.607. The van der Waals surface area contributed by atoms with Crippen LogP contribution in [-0.4, -0.2) is 16.6 Å². The van der Waals surface area contributed by atoms with E-state index in [1.54, 1.807) is 6.20 Å². The summed E-state index contributed by atoms with van der Waals surface area (Å²) in [5.41, 5.74) is 0. The number of hydrogen-bond acceptors (Lipinski definition) is 2. The molecule has 0 aliphatic carbocycles. The molecule has 1 rings (SSSR count). The molecular weight excluding hydrogens is 104 g/mol. The van der Waals surface area contributed by atoms with Crippen LogP contribution in [-0.2, 0) is 0 Å². The highest BCUT2D eigenvalue weighted by Gasteiger charge is 1.87. The van der Waals surface area contributed by atoms with E-state index < -0.39 is 0 Å². The Balaban J connectivity index is 2.50. The molecule has 8 heavy (non-hydrogen) atoms. The van der Waals surface area contributed by atoms with E-state index in [1.807, 2.05) is 6.92 Å². The first-order chi connectivity index (χ1) is 3.93. The molecule has 0 aliphatic heterocycles. The van der Waals surface area contributed by atoms with E-state index in [4.69, 9.17) is 4.74 Å². The molecule has 1 radical (unpaired) electrons. The smallest absolute Gasteiger partial charge is 0.294 e. The molecule has 1 heterocycles. The van der Waals surface area contributed by atoms with E-state index >= 15 is 0 Å². The summed E-state index contributed by atoms with van der Waals surface area (Å²) in [5.74, 6) is 0. The van der Waals surface area contributed by atoms with Gasteiger partial charge in [-0.3, -0.25) is 0 Å². The van der Waals surface area contributed by atoms with Crippen LogP contribution in [0.4, 0.5) is 0 Å². The predicted molar refractivity (Wildman–Crippen MR) is 28.6 cm³/mol. The zero-order valence-corrected chi connectivity index (χ0v) is 4.64. The van der Waals surface area contributed by atoms with Gasteiger partial charge in [0.2, 0.25) is 0 Å². The number of imidazole rings is 1. The molecule has 0 aromatic carbocycles. The average molecular weight is 111 g/mol. The van der Waals surface area contributed by atoms with Crippen molar-refractivity contribution in [3.05, 3.63) is 12.4 Å². The first kappa shape index (κ1) is 5.15.